The van der Waals surface area contributed by atoms with Gasteiger partial charge >= 0.3 is 0 Å². The normalized spacial score (nSPS) is 10.2. The Kier molecular flexibility index (Phi) is 4.06. The number of hydrogen-bond acceptors (Lipinski definition) is 4. The first-order chi connectivity index (χ1) is 9.04. The molecule has 0 saturated heterocycles. The topological polar surface area (TPSA) is 59.1 Å². The molecular weight excluding hydrogens is 260 g/mol. The van der Waals surface area contributed by atoms with Crippen LogP contribution < -0.4 is 5.32 Å². The number of rotatable bonds is 4. The molecule has 0 aliphatic rings. The SMILES string of the molecule is CC(=O)c1csc(NC(=O)Cc2ccc(C)cc2)n1. The molecular formula is C14H14N2O2S. The summed E-state index contributed by atoms with van der Waals surface area (Å²) in [7, 11) is 0. The quantitative estimate of drug-likeness (QED) is 0.872. The number of hydrogen-bond donors (Lipinski definition) is 1. The van der Waals surface area contributed by atoms with Gasteiger partial charge in [0.25, 0.3) is 0 Å². The third kappa shape index (κ3) is 3.72. The van der Waals surface area contributed by atoms with Crippen LogP contribution in [-0.4, -0.2) is 16.7 Å². The lowest BCUT2D eigenvalue weighted by atomic mass is 10.1. The molecule has 1 aromatic carbocycles. The van der Waals surface area contributed by atoms with E-state index >= 15 is 0 Å². The summed E-state index contributed by atoms with van der Waals surface area (Å²) >= 11 is 1.26. The van der Waals surface area contributed by atoms with Gasteiger partial charge in [-0.15, -0.1) is 11.3 Å². The summed E-state index contributed by atoms with van der Waals surface area (Å²) in [5.74, 6) is -0.233. The van der Waals surface area contributed by atoms with E-state index in [9.17, 15) is 9.59 Å². The summed E-state index contributed by atoms with van der Waals surface area (Å²) in [6, 6.07) is 7.80. The maximum atomic E-state index is 11.8. The Bertz CT molecular complexity index is 602. The van der Waals surface area contributed by atoms with Crippen molar-refractivity contribution in [2.75, 3.05) is 5.32 Å². The predicted molar refractivity (Wildman–Crippen MR) is 75.6 cm³/mol. The molecule has 0 unspecified atom stereocenters. The largest absolute Gasteiger partial charge is 0.302 e. The first-order valence-electron chi connectivity index (χ1n) is 5.86. The third-order valence-corrected chi connectivity index (χ3v) is 3.35. The van der Waals surface area contributed by atoms with Crippen molar-refractivity contribution >= 4 is 28.2 Å². The molecule has 2 aromatic rings. The number of aryl methyl sites for hydroxylation is 1. The Morgan fingerprint density at radius 3 is 2.53 bits per heavy atom. The maximum absolute atomic E-state index is 11.8. The molecule has 19 heavy (non-hydrogen) atoms. The highest BCUT2D eigenvalue weighted by atomic mass is 32.1. The summed E-state index contributed by atoms with van der Waals surface area (Å²) in [5, 5.41) is 4.80. The van der Waals surface area contributed by atoms with Crippen molar-refractivity contribution in [2.45, 2.75) is 20.3 Å². The van der Waals surface area contributed by atoms with Crippen LogP contribution >= 0.6 is 11.3 Å². The van der Waals surface area contributed by atoms with E-state index in [1.54, 1.807) is 5.38 Å². The molecule has 2 rings (SSSR count). The Balaban J connectivity index is 1.97. The Labute approximate surface area is 115 Å². The molecule has 0 radical (unpaired) electrons. The number of amides is 1. The first-order valence-corrected chi connectivity index (χ1v) is 6.74. The van der Waals surface area contributed by atoms with Gasteiger partial charge in [-0.05, 0) is 12.5 Å². The second kappa shape index (κ2) is 5.75. The van der Waals surface area contributed by atoms with Gasteiger partial charge in [-0.3, -0.25) is 9.59 Å². The average Bonchev–Trinajstić information content (AvgIpc) is 2.80. The molecule has 1 amide bonds. The van der Waals surface area contributed by atoms with E-state index in [4.69, 9.17) is 0 Å². The van der Waals surface area contributed by atoms with Gasteiger partial charge in [-0.25, -0.2) is 4.98 Å². The van der Waals surface area contributed by atoms with Crippen LogP contribution in [0.5, 0.6) is 0 Å². The van der Waals surface area contributed by atoms with Crippen molar-refractivity contribution in [1.82, 2.24) is 4.98 Å². The molecule has 0 saturated carbocycles. The summed E-state index contributed by atoms with van der Waals surface area (Å²) < 4.78 is 0. The number of nitrogens with zero attached hydrogens (tertiary/aromatic N) is 1. The third-order valence-electron chi connectivity index (χ3n) is 2.60. The molecule has 0 spiro atoms. The lowest BCUT2D eigenvalue weighted by Gasteiger charge is -2.02. The van der Waals surface area contributed by atoms with Crippen molar-refractivity contribution < 1.29 is 9.59 Å². The van der Waals surface area contributed by atoms with Crippen LogP contribution in [0.4, 0.5) is 5.13 Å². The Morgan fingerprint density at radius 1 is 1.26 bits per heavy atom. The number of nitrogens with one attached hydrogen (secondary N) is 1. The number of benzene rings is 1. The number of thiazole rings is 1. The second-order valence-electron chi connectivity index (χ2n) is 4.30. The van der Waals surface area contributed by atoms with Crippen molar-refractivity contribution in [3.8, 4) is 0 Å². The van der Waals surface area contributed by atoms with E-state index in [2.05, 4.69) is 10.3 Å². The molecule has 1 aromatic heterocycles. The predicted octanol–water partition coefficient (Wildman–Crippen LogP) is 2.84. The van der Waals surface area contributed by atoms with Gasteiger partial charge < -0.3 is 5.32 Å². The van der Waals surface area contributed by atoms with E-state index < -0.39 is 0 Å². The van der Waals surface area contributed by atoms with E-state index in [-0.39, 0.29) is 11.7 Å². The van der Waals surface area contributed by atoms with Crippen LogP contribution in [-0.2, 0) is 11.2 Å². The van der Waals surface area contributed by atoms with E-state index in [0.29, 0.717) is 17.2 Å². The van der Waals surface area contributed by atoms with E-state index in [0.717, 1.165) is 11.1 Å². The van der Waals surface area contributed by atoms with Gasteiger partial charge in [-0.2, -0.15) is 0 Å². The molecule has 4 nitrogen and oxygen atoms in total. The molecule has 0 fully saturated rings. The molecule has 5 heteroatoms. The van der Waals surface area contributed by atoms with Crippen LogP contribution in [0.1, 0.15) is 28.5 Å². The fourth-order valence-electron chi connectivity index (χ4n) is 1.55. The molecule has 0 atom stereocenters. The van der Waals surface area contributed by atoms with Gasteiger partial charge in [0.2, 0.25) is 5.91 Å². The van der Waals surface area contributed by atoms with Gasteiger partial charge in [0.1, 0.15) is 5.69 Å². The van der Waals surface area contributed by atoms with Crippen LogP contribution in [0.2, 0.25) is 0 Å². The van der Waals surface area contributed by atoms with Crippen LogP contribution in [0.3, 0.4) is 0 Å². The summed E-state index contributed by atoms with van der Waals surface area (Å²) in [4.78, 5) is 27.0. The standard InChI is InChI=1S/C14H14N2O2S/c1-9-3-5-11(6-4-9)7-13(18)16-14-15-12(8-19-14)10(2)17/h3-6,8H,7H2,1-2H3,(H,15,16,18). The molecule has 1 N–H and O–H groups in total. The minimum Gasteiger partial charge on any atom is -0.302 e. The second-order valence-corrected chi connectivity index (χ2v) is 5.16. The molecule has 98 valence electrons. The van der Waals surface area contributed by atoms with E-state index in [1.165, 1.54) is 18.3 Å². The van der Waals surface area contributed by atoms with Crippen LogP contribution in [0.15, 0.2) is 29.6 Å². The minimum absolute atomic E-state index is 0.102. The highest BCUT2D eigenvalue weighted by Crippen LogP contribution is 2.16. The number of carbonyl (C=O) groups excluding carboxylic acids is 2. The smallest absolute Gasteiger partial charge is 0.230 e. The number of Topliss-reactive ketones (excluding diaryl/α,β-unsaturated/α-hetero) is 1. The zero-order valence-corrected chi connectivity index (χ0v) is 11.6. The minimum atomic E-state index is -0.131. The van der Waals surface area contributed by atoms with Gasteiger partial charge in [0.15, 0.2) is 10.9 Å². The number of aromatic nitrogens is 1. The van der Waals surface area contributed by atoms with Crippen molar-refractivity contribution in [3.63, 3.8) is 0 Å². The average molecular weight is 274 g/mol. The molecule has 0 aliphatic carbocycles. The maximum Gasteiger partial charge on any atom is 0.230 e. The monoisotopic (exact) mass is 274 g/mol. The number of ketones is 1. The Morgan fingerprint density at radius 2 is 1.95 bits per heavy atom. The zero-order valence-electron chi connectivity index (χ0n) is 10.8. The van der Waals surface area contributed by atoms with Gasteiger partial charge in [0, 0.05) is 12.3 Å². The number of anilines is 1. The summed E-state index contributed by atoms with van der Waals surface area (Å²) in [6.45, 7) is 3.45. The number of carbonyl (C=O) groups is 2. The highest BCUT2D eigenvalue weighted by Gasteiger charge is 2.09. The van der Waals surface area contributed by atoms with Gasteiger partial charge in [-0.1, -0.05) is 29.8 Å². The lowest BCUT2D eigenvalue weighted by Crippen LogP contribution is -2.14. The van der Waals surface area contributed by atoms with Gasteiger partial charge in [0.05, 0.1) is 6.42 Å². The lowest BCUT2D eigenvalue weighted by molar-refractivity contribution is -0.115. The molecule has 0 aliphatic heterocycles. The molecule has 1 heterocycles. The first kappa shape index (κ1) is 13.4. The summed E-state index contributed by atoms with van der Waals surface area (Å²) in [5.41, 5.74) is 2.50. The van der Waals surface area contributed by atoms with E-state index in [1.807, 2.05) is 31.2 Å². The zero-order chi connectivity index (χ0) is 13.8. The summed E-state index contributed by atoms with van der Waals surface area (Å²) in [6.07, 6.45) is 0.301. The van der Waals surface area contributed by atoms with Crippen molar-refractivity contribution in [3.05, 3.63) is 46.5 Å². The highest BCUT2D eigenvalue weighted by molar-refractivity contribution is 7.14. The van der Waals surface area contributed by atoms with Crippen LogP contribution in [0.25, 0.3) is 0 Å². The van der Waals surface area contributed by atoms with Crippen molar-refractivity contribution in [2.24, 2.45) is 0 Å². The van der Waals surface area contributed by atoms with Crippen molar-refractivity contribution in [1.29, 1.82) is 0 Å². The van der Waals surface area contributed by atoms with Crippen LogP contribution in [0, 0.1) is 6.92 Å². The Hall–Kier alpha value is -2.01. The fraction of sp³-hybridized carbons (Fsp3) is 0.214. The molecule has 0 bridgehead atoms. The fourth-order valence-corrected chi connectivity index (χ4v) is 2.31.